The Hall–Kier alpha value is -2.69. The van der Waals surface area contributed by atoms with Crippen LogP contribution in [0.2, 0.25) is 0 Å². The summed E-state index contributed by atoms with van der Waals surface area (Å²) in [4.78, 5) is 60.2. The molecule has 6 unspecified atom stereocenters. The van der Waals surface area contributed by atoms with Crippen molar-refractivity contribution in [2.45, 2.75) is 84.5 Å². The Balaban J connectivity index is 5.54. The SMILES string of the molecule is CCC(C)C(NC(=O)C(C)N)C(=O)NC(C(=O)NC(CCC(N)=O)C(=O)O)C(C)CC. The molecule has 11 nitrogen and oxygen atoms in total. The van der Waals surface area contributed by atoms with Crippen LogP contribution in [0.1, 0.15) is 60.3 Å². The number of nitrogens with two attached hydrogens (primary N) is 2. The van der Waals surface area contributed by atoms with E-state index >= 15 is 0 Å². The van der Waals surface area contributed by atoms with Crippen molar-refractivity contribution in [3.05, 3.63) is 0 Å². The molecule has 0 aromatic heterocycles. The normalized spacial score (nSPS) is 16.7. The lowest BCUT2D eigenvalue weighted by Crippen LogP contribution is -2.59. The number of primary amides is 1. The van der Waals surface area contributed by atoms with Crippen LogP contribution in [0.3, 0.4) is 0 Å². The molecule has 4 amide bonds. The first kappa shape index (κ1) is 28.3. The third kappa shape index (κ3) is 9.77. The van der Waals surface area contributed by atoms with E-state index in [0.717, 1.165) is 0 Å². The van der Waals surface area contributed by atoms with Crippen molar-refractivity contribution in [3.63, 3.8) is 0 Å². The number of hydrogen-bond donors (Lipinski definition) is 6. The van der Waals surface area contributed by atoms with Gasteiger partial charge in [-0.2, -0.15) is 0 Å². The molecule has 0 aliphatic rings. The molecule has 31 heavy (non-hydrogen) atoms. The van der Waals surface area contributed by atoms with Gasteiger partial charge in [-0.05, 0) is 25.2 Å². The van der Waals surface area contributed by atoms with Crippen LogP contribution in [0.5, 0.6) is 0 Å². The Morgan fingerprint density at radius 3 is 1.58 bits per heavy atom. The number of amides is 4. The first-order valence-corrected chi connectivity index (χ1v) is 10.5. The quantitative estimate of drug-likeness (QED) is 0.203. The van der Waals surface area contributed by atoms with Crippen molar-refractivity contribution >= 4 is 29.6 Å². The fourth-order valence-corrected chi connectivity index (χ4v) is 2.74. The Labute approximate surface area is 183 Å². The van der Waals surface area contributed by atoms with E-state index in [1.807, 2.05) is 13.8 Å². The molecule has 0 heterocycles. The van der Waals surface area contributed by atoms with Crippen molar-refractivity contribution in [2.24, 2.45) is 23.3 Å². The maximum atomic E-state index is 12.9. The van der Waals surface area contributed by atoms with Gasteiger partial charge >= 0.3 is 5.97 Å². The van der Waals surface area contributed by atoms with Crippen LogP contribution in [0.15, 0.2) is 0 Å². The summed E-state index contributed by atoms with van der Waals surface area (Å²) < 4.78 is 0. The van der Waals surface area contributed by atoms with Gasteiger partial charge in [-0.3, -0.25) is 19.2 Å². The first-order chi connectivity index (χ1) is 14.3. The number of carboxylic acid groups (broad SMARTS) is 1. The van der Waals surface area contributed by atoms with Crippen LogP contribution >= 0.6 is 0 Å². The molecule has 11 heteroatoms. The zero-order valence-corrected chi connectivity index (χ0v) is 18.9. The lowest BCUT2D eigenvalue weighted by Gasteiger charge is -2.29. The van der Waals surface area contributed by atoms with E-state index < -0.39 is 53.8 Å². The number of carbonyl (C=O) groups excluding carboxylic acids is 4. The molecule has 0 saturated carbocycles. The highest BCUT2D eigenvalue weighted by Crippen LogP contribution is 2.13. The molecule has 0 radical (unpaired) electrons. The smallest absolute Gasteiger partial charge is 0.326 e. The summed E-state index contributed by atoms with van der Waals surface area (Å²) in [6.07, 6.45) is 0.734. The molecule has 0 saturated heterocycles. The summed E-state index contributed by atoms with van der Waals surface area (Å²) in [5, 5.41) is 16.9. The van der Waals surface area contributed by atoms with Crippen molar-refractivity contribution in [3.8, 4) is 0 Å². The molecule has 0 aliphatic carbocycles. The standard InChI is InChI=1S/C20H37N5O6/c1-6-10(3)15(18(28)23-13(20(30)31)8-9-14(22)26)25-19(29)16(11(4)7-2)24-17(27)12(5)21/h10-13,15-16H,6-9,21H2,1-5H3,(H2,22,26)(H,23,28)(H,24,27)(H,25,29)(H,30,31). The van der Waals surface area contributed by atoms with Crippen LogP contribution in [0.4, 0.5) is 0 Å². The molecule has 0 aromatic rings. The second kappa shape index (κ2) is 13.6. The Kier molecular flexibility index (Phi) is 12.4. The van der Waals surface area contributed by atoms with Gasteiger partial charge in [0.05, 0.1) is 6.04 Å². The number of rotatable bonds is 14. The zero-order chi connectivity index (χ0) is 24.3. The highest BCUT2D eigenvalue weighted by Gasteiger charge is 2.34. The zero-order valence-electron chi connectivity index (χ0n) is 18.9. The van der Waals surface area contributed by atoms with Crippen molar-refractivity contribution < 1.29 is 29.1 Å². The van der Waals surface area contributed by atoms with Gasteiger partial charge in [0.1, 0.15) is 18.1 Å². The van der Waals surface area contributed by atoms with Crippen LogP contribution in [0.25, 0.3) is 0 Å². The van der Waals surface area contributed by atoms with Crippen LogP contribution in [0, 0.1) is 11.8 Å². The summed E-state index contributed by atoms with van der Waals surface area (Å²) in [6.45, 7) is 8.70. The van der Waals surface area contributed by atoms with Gasteiger partial charge < -0.3 is 32.5 Å². The molecule has 0 aromatic carbocycles. The molecule has 178 valence electrons. The average molecular weight is 444 g/mol. The summed E-state index contributed by atoms with van der Waals surface area (Å²) >= 11 is 0. The molecule has 0 aliphatic heterocycles. The third-order valence-electron chi connectivity index (χ3n) is 5.29. The summed E-state index contributed by atoms with van der Waals surface area (Å²) in [6, 6.07) is -4.08. The minimum Gasteiger partial charge on any atom is -0.480 e. The summed E-state index contributed by atoms with van der Waals surface area (Å²) in [5.74, 6) is -4.31. The Morgan fingerprint density at radius 2 is 1.23 bits per heavy atom. The second-order valence-electron chi connectivity index (χ2n) is 7.94. The van der Waals surface area contributed by atoms with Gasteiger partial charge in [-0.15, -0.1) is 0 Å². The van der Waals surface area contributed by atoms with Crippen LogP contribution in [-0.2, 0) is 24.0 Å². The number of carbonyl (C=O) groups is 5. The van der Waals surface area contributed by atoms with Crippen molar-refractivity contribution in [2.75, 3.05) is 0 Å². The number of carboxylic acids is 1. The monoisotopic (exact) mass is 443 g/mol. The maximum Gasteiger partial charge on any atom is 0.326 e. The van der Waals surface area contributed by atoms with E-state index in [9.17, 15) is 29.1 Å². The fourth-order valence-electron chi connectivity index (χ4n) is 2.74. The third-order valence-corrected chi connectivity index (χ3v) is 5.29. The highest BCUT2D eigenvalue weighted by atomic mass is 16.4. The Bertz CT molecular complexity index is 654. The largest absolute Gasteiger partial charge is 0.480 e. The predicted octanol–water partition coefficient (Wildman–Crippen LogP) is -0.770. The molecule has 8 N–H and O–H groups in total. The average Bonchev–Trinajstić information content (AvgIpc) is 2.70. The van der Waals surface area contributed by atoms with E-state index in [1.54, 1.807) is 13.8 Å². The van der Waals surface area contributed by atoms with Crippen molar-refractivity contribution in [1.29, 1.82) is 0 Å². The topological polar surface area (TPSA) is 194 Å². The molecule has 0 spiro atoms. The van der Waals surface area contributed by atoms with E-state index in [0.29, 0.717) is 12.8 Å². The molecule has 0 bridgehead atoms. The van der Waals surface area contributed by atoms with Crippen LogP contribution < -0.4 is 27.4 Å². The van der Waals surface area contributed by atoms with Gasteiger partial charge in [-0.25, -0.2) is 4.79 Å². The lowest BCUT2D eigenvalue weighted by molar-refractivity contribution is -0.143. The molecule has 6 atom stereocenters. The van der Waals surface area contributed by atoms with Crippen LogP contribution in [-0.4, -0.2) is 58.9 Å². The first-order valence-electron chi connectivity index (χ1n) is 10.5. The Morgan fingerprint density at radius 1 is 0.806 bits per heavy atom. The van der Waals surface area contributed by atoms with Gasteiger partial charge in [0, 0.05) is 6.42 Å². The molecule has 0 rings (SSSR count). The molecular formula is C20H37N5O6. The number of nitrogens with one attached hydrogen (secondary N) is 3. The fraction of sp³-hybridized carbons (Fsp3) is 0.750. The molecular weight excluding hydrogens is 406 g/mol. The number of hydrogen-bond acceptors (Lipinski definition) is 6. The summed E-state index contributed by atoms with van der Waals surface area (Å²) in [5.41, 5.74) is 10.6. The lowest BCUT2D eigenvalue weighted by atomic mass is 9.94. The summed E-state index contributed by atoms with van der Waals surface area (Å²) in [7, 11) is 0. The maximum absolute atomic E-state index is 12.9. The van der Waals surface area contributed by atoms with E-state index in [1.165, 1.54) is 6.92 Å². The van der Waals surface area contributed by atoms with E-state index in [2.05, 4.69) is 16.0 Å². The van der Waals surface area contributed by atoms with E-state index in [4.69, 9.17) is 11.5 Å². The van der Waals surface area contributed by atoms with Gasteiger partial charge in [0.25, 0.3) is 0 Å². The van der Waals surface area contributed by atoms with Gasteiger partial charge in [0.15, 0.2) is 0 Å². The van der Waals surface area contributed by atoms with Crippen molar-refractivity contribution in [1.82, 2.24) is 16.0 Å². The minimum atomic E-state index is -1.33. The van der Waals surface area contributed by atoms with Gasteiger partial charge in [-0.1, -0.05) is 40.5 Å². The number of aliphatic carboxylic acids is 1. The highest BCUT2D eigenvalue weighted by molar-refractivity contribution is 5.94. The second-order valence-corrected chi connectivity index (χ2v) is 7.94. The molecule has 0 fully saturated rings. The minimum absolute atomic E-state index is 0.169. The van der Waals surface area contributed by atoms with E-state index in [-0.39, 0.29) is 24.7 Å². The predicted molar refractivity (Wildman–Crippen MR) is 114 cm³/mol. The van der Waals surface area contributed by atoms with Gasteiger partial charge in [0.2, 0.25) is 23.6 Å².